The maximum atomic E-state index is 12.1. The third kappa shape index (κ3) is 5.59. The summed E-state index contributed by atoms with van der Waals surface area (Å²) in [4.78, 5) is 22.9. The Kier molecular flexibility index (Phi) is 5.54. The van der Waals surface area contributed by atoms with Gasteiger partial charge in [-0.15, -0.1) is 0 Å². The molecule has 21 heavy (non-hydrogen) atoms. The van der Waals surface area contributed by atoms with Crippen LogP contribution in [0.25, 0.3) is 0 Å². The Morgan fingerprint density at radius 1 is 1.38 bits per heavy atom. The van der Waals surface area contributed by atoms with Crippen LogP contribution in [0.3, 0.4) is 0 Å². The minimum absolute atomic E-state index is 0.0375. The van der Waals surface area contributed by atoms with Gasteiger partial charge in [-0.25, -0.2) is 0 Å². The molecule has 1 unspecified atom stereocenters. The lowest BCUT2D eigenvalue weighted by Crippen LogP contribution is -2.34. The van der Waals surface area contributed by atoms with Crippen molar-refractivity contribution in [3.63, 3.8) is 0 Å². The quantitative estimate of drug-likeness (QED) is 0.742. The van der Waals surface area contributed by atoms with E-state index in [0.717, 1.165) is 0 Å². The number of hydrogen-bond donors (Lipinski definition) is 3. The maximum absolute atomic E-state index is 12.1. The molecule has 3 N–H and O–H groups in total. The van der Waals surface area contributed by atoms with Crippen molar-refractivity contribution in [1.29, 1.82) is 0 Å². The molecule has 0 bridgehead atoms. The molecule has 1 atom stereocenters. The Morgan fingerprint density at radius 3 is 2.52 bits per heavy atom. The molecule has 6 heteroatoms. The van der Waals surface area contributed by atoms with E-state index in [-0.39, 0.29) is 29.7 Å². The maximum Gasteiger partial charge on any atom is 0.311 e. The van der Waals surface area contributed by atoms with Crippen molar-refractivity contribution in [3.05, 3.63) is 23.2 Å². The molecule has 1 rings (SSSR count). The van der Waals surface area contributed by atoms with Crippen LogP contribution < -0.4 is 5.32 Å². The van der Waals surface area contributed by atoms with E-state index in [4.69, 9.17) is 9.52 Å². The molecule has 0 radical (unpaired) electrons. The molecule has 1 aromatic heterocycles. The van der Waals surface area contributed by atoms with E-state index < -0.39 is 18.0 Å². The van der Waals surface area contributed by atoms with Crippen molar-refractivity contribution in [2.24, 2.45) is 5.41 Å². The van der Waals surface area contributed by atoms with Crippen molar-refractivity contribution < 1.29 is 24.2 Å². The minimum Gasteiger partial charge on any atom is -0.481 e. The number of aliphatic carboxylic acids is 1. The predicted molar refractivity (Wildman–Crippen MR) is 77.2 cm³/mol. The first-order valence-electron chi connectivity index (χ1n) is 6.85. The number of carbonyl (C=O) groups excluding carboxylic acids is 1. The fraction of sp³-hybridized carbons (Fsp3) is 0.600. The fourth-order valence-electron chi connectivity index (χ4n) is 2.15. The van der Waals surface area contributed by atoms with Gasteiger partial charge in [-0.05, 0) is 18.8 Å². The van der Waals surface area contributed by atoms with Gasteiger partial charge in [0.05, 0.1) is 17.9 Å². The van der Waals surface area contributed by atoms with Crippen molar-refractivity contribution in [3.8, 4) is 0 Å². The highest BCUT2D eigenvalue weighted by Crippen LogP contribution is 2.21. The topological polar surface area (TPSA) is 99.8 Å². The summed E-state index contributed by atoms with van der Waals surface area (Å²) in [5, 5.41) is 21.3. The van der Waals surface area contributed by atoms with Crippen LogP contribution in [0.1, 0.15) is 48.9 Å². The van der Waals surface area contributed by atoms with E-state index in [1.54, 1.807) is 6.92 Å². The number of aryl methyl sites for hydroxylation is 1. The molecule has 118 valence electrons. The van der Waals surface area contributed by atoms with Crippen molar-refractivity contribution in [2.45, 2.75) is 46.6 Å². The highest BCUT2D eigenvalue weighted by Gasteiger charge is 2.22. The normalized spacial score (nSPS) is 13.0. The Labute approximate surface area is 124 Å². The first-order valence-corrected chi connectivity index (χ1v) is 6.85. The van der Waals surface area contributed by atoms with Gasteiger partial charge in [0.15, 0.2) is 0 Å². The van der Waals surface area contributed by atoms with Crippen LogP contribution in [0.4, 0.5) is 0 Å². The second-order valence-electron chi connectivity index (χ2n) is 6.42. The van der Waals surface area contributed by atoms with Gasteiger partial charge in [-0.1, -0.05) is 20.8 Å². The molecule has 0 fully saturated rings. The van der Waals surface area contributed by atoms with Crippen LogP contribution >= 0.6 is 0 Å². The Balaban J connectivity index is 2.68. The highest BCUT2D eigenvalue weighted by atomic mass is 16.4. The molecule has 1 amide bonds. The molecular weight excluding hydrogens is 274 g/mol. The van der Waals surface area contributed by atoms with Gasteiger partial charge in [0.2, 0.25) is 0 Å². The van der Waals surface area contributed by atoms with E-state index in [2.05, 4.69) is 5.32 Å². The Hall–Kier alpha value is -1.82. The number of furan rings is 1. The largest absolute Gasteiger partial charge is 0.481 e. The summed E-state index contributed by atoms with van der Waals surface area (Å²) in [6.07, 6.45) is 0.920. The van der Waals surface area contributed by atoms with E-state index >= 15 is 0 Å². The molecular formula is C15H23NO5. The molecule has 1 aromatic rings. The smallest absolute Gasteiger partial charge is 0.311 e. The van der Waals surface area contributed by atoms with E-state index in [1.807, 2.05) is 20.8 Å². The molecule has 1 heterocycles. The third-order valence-corrected chi connectivity index (χ3v) is 2.94. The average molecular weight is 297 g/mol. The molecule has 6 nitrogen and oxygen atoms in total. The average Bonchev–Trinajstić information content (AvgIpc) is 2.64. The molecule has 0 spiro atoms. The van der Waals surface area contributed by atoms with Crippen molar-refractivity contribution in [2.75, 3.05) is 6.54 Å². The SMILES string of the molecule is Cc1coc(CC(=O)O)c1C(=O)NCC(O)CC(C)(C)C. The molecule has 0 saturated carbocycles. The lowest BCUT2D eigenvalue weighted by Gasteiger charge is -2.22. The summed E-state index contributed by atoms with van der Waals surface area (Å²) in [5.74, 6) is -1.36. The second-order valence-corrected chi connectivity index (χ2v) is 6.42. The number of aliphatic hydroxyl groups is 1. The van der Waals surface area contributed by atoms with Crippen LogP contribution in [0.15, 0.2) is 10.7 Å². The van der Waals surface area contributed by atoms with Gasteiger partial charge in [-0.3, -0.25) is 9.59 Å². The summed E-state index contributed by atoms with van der Waals surface area (Å²) in [6.45, 7) is 7.80. The van der Waals surface area contributed by atoms with E-state index in [1.165, 1.54) is 6.26 Å². The van der Waals surface area contributed by atoms with E-state index in [0.29, 0.717) is 12.0 Å². The zero-order chi connectivity index (χ0) is 16.2. The minimum atomic E-state index is -1.06. The molecule has 0 aromatic carbocycles. The monoisotopic (exact) mass is 297 g/mol. The van der Waals surface area contributed by atoms with Gasteiger partial charge in [-0.2, -0.15) is 0 Å². The summed E-state index contributed by atoms with van der Waals surface area (Å²) in [6, 6.07) is 0. The number of amides is 1. The Morgan fingerprint density at radius 2 is 2.00 bits per heavy atom. The standard InChI is InChI=1S/C15H23NO5/c1-9-8-21-11(5-12(18)19)13(9)14(20)16-7-10(17)6-15(2,3)4/h8,10,17H,5-7H2,1-4H3,(H,16,20)(H,18,19). The number of hydrogen-bond acceptors (Lipinski definition) is 4. The number of aliphatic hydroxyl groups excluding tert-OH is 1. The predicted octanol–water partition coefficient (Wildman–Crippen LogP) is 1.74. The van der Waals surface area contributed by atoms with Crippen LogP contribution in [-0.4, -0.2) is 34.7 Å². The molecule has 0 saturated heterocycles. The first kappa shape index (κ1) is 17.2. The zero-order valence-electron chi connectivity index (χ0n) is 12.9. The van der Waals surface area contributed by atoms with Gasteiger partial charge in [0, 0.05) is 12.1 Å². The van der Waals surface area contributed by atoms with Crippen LogP contribution in [0, 0.1) is 12.3 Å². The number of carboxylic acids is 1. The number of nitrogens with one attached hydrogen (secondary N) is 1. The Bertz CT molecular complexity index is 513. The number of carbonyl (C=O) groups is 2. The highest BCUT2D eigenvalue weighted by molar-refractivity contribution is 5.97. The van der Waals surface area contributed by atoms with Gasteiger partial charge in [0.1, 0.15) is 12.2 Å². The molecule has 0 aliphatic rings. The van der Waals surface area contributed by atoms with Crippen molar-refractivity contribution >= 4 is 11.9 Å². The number of carboxylic acid groups (broad SMARTS) is 1. The van der Waals surface area contributed by atoms with Gasteiger partial charge in [0.25, 0.3) is 5.91 Å². The van der Waals surface area contributed by atoms with Gasteiger partial charge >= 0.3 is 5.97 Å². The second kappa shape index (κ2) is 6.76. The summed E-state index contributed by atoms with van der Waals surface area (Å²) in [5.41, 5.74) is 0.777. The number of rotatable bonds is 6. The van der Waals surface area contributed by atoms with Crippen LogP contribution in [0.2, 0.25) is 0 Å². The fourth-order valence-corrected chi connectivity index (χ4v) is 2.15. The van der Waals surface area contributed by atoms with Crippen LogP contribution in [0.5, 0.6) is 0 Å². The summed E-state index contributed by atoms with van der Waals surface area (Å²) >= 11 is 0. The zero-order valence-corrected chi connectivity index (χ0v) is 12.9. The van der Waals surface area contributed by atoms with Crippen LogP contribution in [-0.2, 0) is 11.2 Å². The lowest BCUT2D eigenvalue weighted by molar-refractivity contribution is -0.136. The lowest BCUT2D eigenvalue weighted by atomic mass is 9.89. The first-order chi connectivity index (χ1) is 9.60. The molecule has 0 aliphatic heterocycles. The van der Waals surface area contributed by atoms with Gasteiger partial charge < -0.3 is 19.9 Å². The summed E-state index contributed by atoms with van der Waals surface area (Å²) in [7, 11) is 0. The van der Waals surface area contributed by atoms with Crippen molar-refractivity contribution in [1.82, 2.24) is 5.32 Å². The third-order valence-electron chi connectivity index (χ3n) is 2.94. The van der Waals surface area contributed by atoms with E-state index in [9.17, 15) is 14.7 Å². The molecule has 0 aliphatic carbocycles. The summed E-state index contributed by atoms with van der Waals surface area (Å²) < 4.78 is 5.11.